The maximum atomic E-state index is 13.2. The minimum absolute atomic E-state index is 0.0132. The van der Waals surface area contributed by atoms with Crippen molar-refractivity contribution in [2.45, 2.75) is 19.9 Å². The fourth-order valence-corrected chi connectivity index (χ4v) is 4.15. The van der Waals surface area contributed by atoms with Gasteiger partial charge in [-0.25, -0.2) is 0 Å². The summed E-state index contributed by atoms with van der Waals surface area (Å²) in [6.45, 7) is 3.24. The molecule has 0 unspecified atom stereocenters. The second-order valence-corrected chi connectivity index (χ2v) is 7.86. The van der Waals surface area contributed by atoms with Crippen molar-refractivity contribution in [3.05, 3.63) is 57.4 Å². The third-order valence-corrected chi connectivity index (χ3v) is 5.80. The highest BCUT2D eigenvalue weighted by Gasteiger charge is 2.23. The van der Waals surface area contributed by atoms with Gasteiger partial charge in [-0.1, -0.05) is 0 Å². The van der Waals surface area contributed by atoms with Crippen molar-refractivity contribution in [1.82, 2.24) is 9.88 Å². The van der Waals surface area contributed by atoms with Gasteiger partial charge in [0.1, 0.15) is 5.75 Å². The number of fused-ring (bicyclic) bond motifs is 2. The molecule has 2 heterocycles. The molecule has 0 bridgehead atoms. The summed E-state index contributed by atoms with van der Waals surface area (Å²) in [5.41, 5.74) is 4.06. The van der Waals surface area contributed by atoms with Gasteiger partial charge >= 0.3 is 0 Å². The van der Waals surface area contributed by atoms with E-state index in [0.717, 1.165) is 16.8 Å². The van der Waals surface area contributed by atoms with Crippen molar-refractivity contribution in [1.29, 1.82) is 0 Å². The first-order chi connectivity index (χ1) is 15.4. The van der Waals surface area contributed by atoms with Gasteiger partial charge < -0.3 is 24.5 Å². The zero-order valence-electron chi connectivity index (χ0n) is 18.7. The number of nitrogens with one attached hydrogen (secondary N) is 2. The molecule has 1 aromatic heterocycles. The van der Waals surface area contributed by atoms with Gasteiger partial charge in [0.25, 0.3) is 0 Å². The molecule has 168 valence electrons. The minimum atomic E-state index is -0.157. The van der Waals surface area contributed by atoms with Crippen LogP contribution in [0.1, 0.15) is 16.8 Å². The molecule has 1 amide bonds. The summed E-state index contributed by atoms with van der Waals surface area (Å²) in [5, 5.41) is 3.50. The van der Waals surface area contributed by atoms with Crippen LogP contribution in [0.25, 0.3) is 10.9 Å². The Balaban J connectivity index is 1.52. The van der Waals surface area contributed by atoms with Crippen LogP contribution in [0.5, 0.6) is 17.2 Å². The van der Waals surface area contributed by atoms with E-state index in [2.05, 4.69) is 10.3 Å². The van der Waals surface area contributed by atoms with E-state index in [4.69, 9.17) is 14.2 Å². The quantitative estimate of drug-likeness (QED) is 0.616. The van der Waals surface area contributed by atoms with Crippen molar-refractivity contribution in [3.8, 4) is 17.2 Å². The lowest BCUT2D eigenvalue weighted by Crippen LogP contribution is -2.39. The SMILES string of the molecule is COc1cc(C)c2[nH]c3c(c(=O)c2c1)CN(CC(=O)Nc1ccc(OC)c(OC)c1)CC3. The second kappa shape index (κ2) is 8.92. The summed E-state index contributed by atoms with van der Waals surface area (Å²) in [6.07, 6.45) is 0.676. The van der Waals surface area contributed by atoms with Gasteiger partial charge in [0, 0.05) is 47.9 Å². The molecule has 8 heteroatoms. The molecule has 0 fully saturated rings. The molecule has 8 nitrogen and oxygen atoms in total. The number of aromatic nitrogens is 1. The summed E-state index contributed by atoms with van der Waals surface area (Å²) in [4.78, 5) is 31.3. The molecule has 2 N–H and O–H groups in total. The number of benzene rings is 2. The van der Waals surface area contributed by atoms with Gasteiger partial charge in [-0.3, -0.25) is 14.5 Å². The number of carbonyl (C=O) groups is 1. The fraction of sp³-hybridized carbons (Fsp3) is 0.333. The Labute approximate surface area is 186 Å². The van der Waals surface area contributed by atoms with E-state index in [0.29, 0.717) is 53.4 Å². The topological polar surface area (TPSA) is 92.9 Å². The zero-order valence-corrected chi connectivity index (χ0v) is 18.7. The zero-order chi connectivity index (χ0) is 22.8. The summed E-state index contributed by atoms with van der Waals surface area (Å²) < 4.78 is 15.8. The van der Waals surface area contributed by atoms with Gasteiger partial charge in [-0.15, -0.1) is 0 Å². The molecular weight excluding hydrogens is 410 g/mol. The summed E-state index contributed by atoms with van der Waals surface area (Å²) in [6, 6.07) is 8.90. The molecule has 1 aliphatic heterocycles. The highest BCUT2D eigenvalue weighted by atomic mass is 16.5. The number of nitrogens with zero attached hydrogens (tertiary/aromatic N) is 1. The summed E-state index contributed by atoms with van der Waals surface area (Å²) in [7, 11) is 4.70. The number of pyridine rings is 1. The Kier molecular flexibility index (Phi) is 6.05. The van der Waals surface area contributed by atoms with Crippen LogP contribution in [0.15, 0.2) is 35.1 Å². The molecule has 32 heavy (non-hydrogen) atoms. The van der Waals surface area contributed by atoms with Crippen LogP contribution < -0.4 is 25.0 Å². The summed E-state index contributed by atoms with van der Waals surface area (Å²) >= 11 is 0. The first-order valence-corrected chi connectivity index (χ1v) is 10.4. The van der Waals surface area contributed by atoms with E-state index in [9.17, 15) is 9.59 Å². The number of carbonyl (C=O) groups excluding carboxylic acids is 1. The maximum Gasteiger partial charge on any atom is 0.238 e. The molecule has 0 saturated heterocycles. The van der Waals surface area contributed by atoms with Crippen molar-refractivity contribution in [2.75, 3.05) is 39.7 Å². The Morgan fingerprint density at radius 1 is 1.09 bits per heavy atom. The third kappa shape index (κ3) is 4.13. The van der Waals surface area contributed by atoms with Crippen molar-refractivity contribution < 1.29 is 19.0 Å². The van der Waals surface area contributed by atoms with Gasteiger partial charge in [0.15, 0.2) is 16.9 Å². The number of anilines is 1. The number of rotatable bonds is 6. The van der Waals surface area contributed by atoms with Crippen molar-refractivity contribution in [3.63, 3.8) is 0 Å². The predicted molar refractivity (Wildman–Crippen MR) is 123 cm³/mol. The minimum Gasteiger partial charge on any atom is -0.497 e. The fourth-order valence-electron chi connectivity index (χ4n) is 4.15. The van der Waals surface area contributed by atoms with Crippen LogP contribution in [0, 0.1) is 6.92 Å². The standard InChI is InChI=1S/C24H27N3O5/c1-14-9-16(30-2)11-17-23(14)26-19-7-8-27(12-18(19)24(17)29)13-22(28)25-15-5-6-20(31-3)21(10-15)32-4/h5-6,9-11H,7-8,12-13H2,1-4H3,(H,25,28)(H,26,29). The maximum absolute atomic E-state index is 13.2. The molecule has 0 atom stereocenters. The van der Waals surface area contributed by atoms with Crippen LogP contribution in [0.3, 0.4) is 0 Å². The first kappa shape index (κ1) is 21.7. The van der Waals surface area contributed by atoms with E-state index in [1.54, 1.807) is 45.6 Å². The lowest BCUT2D eigenvalue weighted by atomic mass is 10.0. The molecular formula is C24H27N3O5. The van der Waals surface area contributed by atoms with Gasteiger partial charge in [0.05, 0.1) is 33.4 Å². The van der Waals surface area contributed by atoms with E-state index >= 15 is 0 Å². The largest absolute Gasteiger partial charge is 0.497 e. The molecule has 0 saturated carbocycles. The second-order valence-electron chi connectivity index (χ2n) is 7.86. The Bertz CT molecular complexity index is 1230. The number of hydrogen-bond acceptors (Lipinski definition) is 6. The Morgan fingerprint density at radius 3 is 2.59 bits per heavy atom. The number of H-pyrrole nitrogens is 1. The van der Waals surface area contributed by atoms with Crippen LogP contribution in [-0.2, 0) is 17.8 Å². The smallest absolute Gasteiger partial charge is 0.238 e. The van der Waals surface area contributed by atoms with Crippen molar-refractivity contribution >= 4 is 22.5 Å². The summed E-state index contributed by atoms with van der Waals surface area (Å²) in [5.74, 6) is 1.63. The van der Waals surface area contributed by atoms with E-state index in [1.807, 2.05) is 17.9 Å². The molecule has 2 aromatic carbocycles. The van der Waals surface area contributed by atoms with Gasteiger partial charge in [-0.05, 0) is 36.8 Å². The molecule has 1 aliphatic rings. The van der Waals surface area contributed by atoms with Gasteiger partial charge in [-0.2, -0.15) is 0 Å². The molecule has 0 radical (unpaired) electrons. The monoisotopic (exact) mass is 437 g/mol. The van der Waals surface area contributed by atoms with E-state index in [1.165, 1.54) is 0 Å². The number of aromatic amines is 1. The van der Waals surface area contributed by atoms with Gasteiger partial charge in [0.2, 0.25) is 5.91 Å². The highest BCUT2D eigenvalue weighted by molar-refractivity contribution is 5.92. The highest BCUT2D eigenvalue weighted by Crippen LogP contribution is 2.30. The van der Waals surface area contributed by atoms with Crippen LogP contribution >= 0.6 is 0 Å². The lowest BCUT2D eigenvalue weighted by Gasteiger charge is -2.28. The molecule has 0 spiro atoms. The number of aryl methyl sites for hydroxylation is 1. The van der Waals surface area contributed by atoms with Crippen LogP contribution in [0.4, 0.5) is 5.69 Å². The van der Waals surface area contributed by atoms with E-state index in [-0.39, 0.29) is 17.9 Å². The number of hydrogen-bond donors (Lipinski definition) is 2. The average Bonchev–Trinajstić information content (AvgIpc) is 2.79. The number of methoxy groups -OCH3 is 3. The predicted octanol–water partition coefficient (Wildman–Crippen LogP) is 2.86. The van der Waals surface area contributed by atoms with Crippen LogP contribution in [0.2, 0.25) is 0 Å². The number of amides is 1. The lowest BCUT2D eigenvalue weighted by molar-refractivity contribution is -0.117. The Hall–Kier alpha value is -3.52. The third-order valence-electron chi connectivity index (χ3n) is 5.80. The number of ether oxygens (including phenoxy) is 3. The van der Waals surface area contributed by atoms with Crippen LogP contribution in [-0.4, -0.2) is 50.2 Å². The van der Waals surface area contributed by atoms with Crippen molar-refractivity contribution in [2.24, 2.45) is 0 Å². The van der Waals surface area contributed by atoms with E-state index < -0.39 is 0 Å². The Morgan fingerprint density at radius 2 is 1.88 bits per heavy atom. The first-order valence-electron chi connectivity index (χ1n) is 10.4. The normalized spacial score (nSPS) is 13.5. The molecule has 4 rings (SSSR count). The molecule has 3 aromatic rings. The average molecular weight is 437 g/mol. The molecule has 0 aliphatic carbocycles.